The van der Waals surface area contributed by atoms with Gasteiger partial charge < -0.3 is 5.11 Å². The van der Waals surface area contributed by atoms with E-state index in [1.54, 1.807) is 24.4 Å². The maximum absolute atomic E-state index is 10.8. The SMILES string of the molecule is O=[N+]([O-])c1cc(Br)cc(C=Nc2ccccn2)c1O. The maximum Gasteiger partial charge on any atom is 0.312 e. The zero-order valence-electron chi connectivity index (χ0n) is 9.52. The highest BCUT2D eigenvalue weighted by molar-refractivity contribution is 9.10. The Balaban J connectivity index is 2.41. The summed E-state index contributed by atoms with van der Waals surface area (Å²) in [5.74, 6) is 0.0254. The Morgan fingerprint density at radius 2 is 2.21 bits per heavy atom. The number of pyridine rings is 1. The van der Waals surface area contributed by atoms with Crippen LogP contribution in [0.1, 0.15) is 5.56 Å². The number of nitro groups is 1. The molecule has 2 rings (SSSR count). The number of nitrogens with zero attached hydrogens (tertiary/aromatic N) is 3. The van der Waals surface area contributed by atoms with Gasteiger partial charge >= 0.3 is 5.69 Å². The normalized spacial score (nSPS) is 10.8. The molecule has 0 aliphatic carbocycles. The van der Waals surface area contributed by atoms with Crippen LogP contribution in [0.15, 0.2) is 46.0 Å². The van der Waals surface area contributed by atoms with Crippen molar-refractivity contribution >= 4 is 33.6 Å². The van der Waals surface area contributed by atoms with E-state index in [9.17, 15) is 15.2 Å². The number of benzene rings is 1. The number of phenolic OH excluding ortho intramolecular Hbond substituents is 1. The minimum absolute atomic E-state index is 0.242. The summed E-state index contributed by atoms with van der Waals surface area (Å²) in [5, 5.41) is 20.6. The molecule has 1 aromatic carbocycles. The molecule has 6 nitrogen and oxygen atoms in total. The molecule has 7 heteroatoms. The summed E-state index contributed by atoms with van der Waals surface area (Å²) in [6.45, 7) is 0. The Bertz CT molecular complexity index is 644. The predicted molar refractivity (Wildman–Crippen MR) is 74.0 cm³/mol. The van der Waals surface area contributed by atoms with E-state index < -0.39 is 10.7 Å². The van der Waals surface area contributed by atoms with Crippen molar-refractivity contribution < 1.29 is 10.0 Å². The van der Waals surface area contributed by atoms with E-state index in [4.69, 9.17) is 0 Å². The highest BCUT2D eigenvalue weighted by Gasteiger charge is 2.17. The number of aromatic hydroxyl groups is 1. The molecule has 96 valence electrons. The lowest BCUT2D eigenvalue weighted by atomic mass is 10.2. The van der Waals surface area contributed by atoms with Crippen molar-refractivity contribution in [3.8, 4) is 5.75 Å². The van der Waals surface area contributed by atoms with Crippen LogP contribution in [-0.4, -0.2) is 21.2 Å². The summed E-state index contributed by atoms with van der Waals surface area (Å²) in [6, 6.07) is 7.96. The van der Waals surface area contributed by atoms with Crippen LogP contribution >= 0.6 is 15.9 Å². The Labute approximate surface area is 116 Å². The number of rotatable bonds is 3. The lowest BCUT2D eigenvalue weighted by Crippen LogP contribution is -1.92. The number of phenols is 1. The molecule has 19 heavy (non-hydrogen) atoms. The molecule has 0 atom stereocenters. The molecule has 0 saturated carbocycles. The van der Waals surface area contributed by atoms with Gasteiger partial charge in [-0.3, -0.25) is 10.1 Å². The van der Waals surface area contributed by atoms with Gasteiger partial charge in [0.2, 0.25) is 5.75 Å². The molecule has 0 amide bonds. The molecule has 0 saturated heterocycles. The second-order valence-electron chi connectivity index (χ2n) is 3.57. The molecular weight excluding hydrogens is 314 g/mol. The number of hydrogen-bond acceptors (Lipinski definition) is 5. The van der Waals surface area contributed by atoms with Crippen molar-refractivity contribution in [2.75, 3.05) is 0 Å². The molecule has 0 radical (unpaired) electrons. The van der Waals surface area contributed by atoms with Crippen molar-refractivity contribution in [3.05, 3.63) is 56.7 Å². The van der Waals surface area contributed by atoms with E-state index in [0.717, 1.165) is 0 Å². The number of nitro benzene ring substituents is 1. The Hall–Kier alpha value is -2.28. The fourth-order valence-corrected chi connectivity index (χ4v) is 1.87. The van der Waals surface area contributed by atoms with Gasteiger partial charge in [-0.25, -0.2) is 9.98 Å². The summed E-state index contributed by atoms with van der Waals surface area (Å²) in [6.07, 6.45) is 2.91. The van der Waals surface area contributed by atoms with Crippen molar-refractivity contribution in [2.24, 2.45) is 4.99 Å². The number of aromatic nitrogens is 1. The lowest BCUT2D eigenvalue weighted by molar-refractivity contribution is -0.385. The van der Waals surface area contributed by atoms with Gasteiger partial charge in [0.25, 0.3) is 0 Å². The van der Waals surface area contributed by atoms with Gasteiger partial charge in [0.05, 0.1) is 4.92 Å². The van der Waals surface area contributed by atoms with Gasteiger partial charge in [-0.1, -0.05) is 22.0 Å². The van der Waals surface area contributed by atoms with Crippen LogP contribution < -0.4 is 0 Å². The van der Waals surface area contributed by atoms with Gasteiger partial charge in [0.15, 0.2) is 5.82 Å². The summed E-state index contributed by atoms with van der Waals surface area (Å²) in [5.41, 5.74) is -0.136. The maximum atomic E-state index is 10.8. The average Bonchev–Trinajstić information content (AvgIpc) is 2.40. The molecule has 1 aromatic heterocycles. The zero-order chi connectivity index (χ0) is 13.8. The molecular formula is C12H8BrN3O3. The van der Waals surface area contributed by atoms with Crippen LogP contribution in [0.25, 0.3) is 0 Å². The van der Waals surface area contributed by atoms with Gasteiger partial charge in [-0.15, -0.1) is 0 Å². The van der Waals surface area contributed by atoms with E-state index in [-0.39, 0.29) is 11.3 Å². The fraction of sp³-hybridized carbons (Fsp3) is 0. The first-order valence-electron chi connectivity index (χ1n) is 5.20. The van der Waals surface area contributed by atoms with Crippen LogP contribution in [-0.2, 0) is 0 Å². The zero-order valence-corrected chi connectivity index (χ0v) is 11.1. The highest BCUT2D eigenvalue weighted by Crippen LogP contribution is 2.32. The quantitative estimate of drug-likeness (QED) is 0.534. The molecule has 0 spiro atoms. The Kier molecular flexibility index (Phi) is 3.86. The number of aliphatic imine (C=N–C) groups is 1. The fourth-order valence-electron chi connectivity index (χ4n) is 1.41. The smallest absolute Gasteiger partial charge is 0.312 e. The summed E-state index contributed by atoms with van der Waals surface area (Å²) < 4.78 is 0.486. The van der Waals surface area contributed by atoms with Gasteiger partial charge in [-0.2, -0.15) is 0 Å². The topological polar surface area (TPSA) is 88.6 Å². The van der Waals surface area contributed by atoms with E-state index in [1.807, 2.05) is 0 Å². The van der Waals surface area contributed by atoms with Crippen molar-refractivity contribution in [1.29, 1.82) is 0 Å². The predicted octanol–water partition coefficient (Wildman–Crippen LogP) is 3.21. The summed E-state index contributed by atoms with van der Waals surface area (Å²) in [7, 11) is 0. The van der Waals surface area contributed by atoms with E-state index in [1.165, 1.54) is 18.3 Å². The van der Waals surface area contributed by atoms with Crippen LogP contribution in [0.3, 0.4) is 0 Å². The number of halogens is 1. The van der Waals surface area contributed by atoms with E-state index in [2.05, 4.69) is 25.9 Å². The van der Waals surface area contributed by atoms with Gasteiger partial charge in [0, 0.05) is 28.5 Å². The minimum Gasteiger partial charge on any atom is -0.502 e. The standard InChI is InChI=1S/C12H8BrN3O3/c13-9-5-8(12(17)10(6-9)16(18)19)7-15-11-3-1-2-4-14-11/h1-7,17H. The summed E-state index contributed by atoms with van der Waals surface area (Å²) in [4.78, 5) is 18.1. The second-order valence-corrected chi connectivity index (χ2v) is 4.48. The van der Waals surface area contributed by atoms with Crippen molar-refractivity contribution in [1.82, 2.24) is 4.98 Å². The Morgan fingerprint density at radius 1 is 1.42 bits per heavy atom. The van der Waals surface area contributed by atoms with Crippen molar-refractivity contribution in [3.63, 3.8) is 0 Å². The first kappa shape index (κ1) is 13.2. The van der Waals surface area contributed by atoms with Gasteiger partial charge in [0.1, 0.15) is 0 Å². The van der Waals surface area contributed by atoms with Gasteiger partial charge in [-0.05, 0) is 18.2 Å². The molecule has 0 aliphatic heterocycles. The third-order valence-corrected chi connectivity index (χ3v) is 2.72. The molecule has 1 heterocycles. The largest absolute Gasteiger partial charge is 0.502 e. The minimum atomic E-state index is -0.655. The molecule has 0 fully saturated rings. The lowest BCUT2D eigenvalue weighted by Gasteiger charge is -2.01. The Morgan fingerprint density at radius 3 is 2.84 bits per heavy atom. The van der Waals surface area contributed by atoms with Crippen LogP contribution in [0.4, 0.5) is 11.5 Å². The third kappa shape index (κ3) is 3.14. The average molecular weight is 322 g/mol. The molecule has 0 bridgehead atoms. The molecule has 0 unspecified atom stereocenters. The highest BCUT2D eigenvalue weighted by atomic mass is 79.9. The monoisotopic (exact) mass is 321 g/mol. The first-order chi connectivity index (χ1) is 9.08. The van der Waals surface area contributed by atoms with E-state index in [0.29, 0.717) is 10.3 Å². The van der Waals surface area contributed by atoms with Crippen LogP contribution in [0.5, 0.6) is 5.75 Å². The van der Waals surface area contributed by atoms with Crippen LogP contribution in [0, 0.1) is 10.1 Å². The first-order valence-corrected chi connectivity index (χ1v) is 5.99. The number of hydrogen-bond donors (Lipinski definition) is 1. The molecule has 2 aromatic rings. The van der Waals surface area contributed by atoms with Crippen LogP contribution in [0.2, 0.25) is 0 Å². The van der Waals surface area contributed by atoms with Crippen molar-refractivity contribution in [2.45, 2.75) is 0 Å². The van der Waals surface area contributed by atoms with E-state index >= 15 is 0 Å². The molecule has 1 N–H and O–H groups in total. The molecule has 0 aliphatic rings. The summed E-state index contributed by atoms with van der Waals surface area (Å²) >= 11 is 3.15. The second kappa shape index (κ2) is 5.57. The third-order valence-electron chi connectivity index (χ3n) is 2.27.